The van der Waals surface area contributed by atoms with E-state index in [1.165, 1.54) is 5.56 Å². The van der Waals surface area contributed by atoms with Crippen LogP contribution in [0.25, 0.3) is 0 Å². The van der Waals surface area contributed by atoms with Crippen molar-refractivity contribution in [1.29, 1.82) is 0 Å². The maximum absolute atomic E-state index is 6.24. The van der Waals surface area contributed by atoms with Crippen LogP contribution < -0.4 is 15.8 Å². The number of nitrogens with zero attached hydrogens (tertiary/aromatic N) is 1. The molecule has 1 aliphatic rings. The van der Waals surface area contributed by atoms with Crippen molar-refractivity contribution in [2.24, 2.45) is 10.7 Å². The molecule has 0 saturated carbocycles. The SMILES string of the molecule is CCOc1ccc(C2(CN=C(N)Nc3ccccc3COC)CCOCC2)cc1.I. The van der Waals surface area contributed by atoms with Crippen LogP contribution in [0.2, 0.25) is 0 Å². The first-order valence-corrected chi connectivity index (χ1v) is 10.1. The Morgan fingerprint density at radius 1 is 1.13 bits per heavy atom. The molecule has 2 aromatic rings. The number of hydrogen-bond donors (Lipinski definition) is 2. The van der Waals surface area contributed by atoms with E-state index in [9.17, 15) is 0 Å². The molecule has 0 aromatic heterocycles. The summed E-state index contributed by atoms with van der Waals surface area (Å²) in [5.74, 6) is 1.29. The molecule has 0 unspecified atom stereocenters. The van der Waals surface area contributed by atoms with E-state index < -0.39 is 0 Å². The van der Waals surface area contributed by atoms with Gasteiger partial charge in [0.2, 0.25) is 0 Å². The van der Waals surface area contributed by atoms with Crippen LogP contribution in [-0.4, -0.2) is 39.4 Å². The van der Waals surface area contributed by atoms with E-state index in [2.05, 4.69) is 17.4 Å². The molecule has 164 valence electrons. The van der Waals surface area contributed by atoms with Gasteiger partial charge < -0.3 is 25.3 Å². The largest absolute Gasteiger partial charge is 0.494 e. The van der Waals surface area contributed by atoms with Crippen molar-refractivity contribution in [1.82, 2.24) is 0 Å². The zero-order valence-electron chi connectivity index (χ0n) is 17.7. The monoisotopic (exact) mass is 525 g/mol. The minimum absolute atomic E-state index is 0. The van der Waals surface area contributed by atoms with Crippen molar-refractivity contribution in [2.45, 2.75) is 31.8 Å². The van der Waals surface area contributed by atoms with Gasteiger partial charge in [0, 0.05) is 37.0 Å². The summed E-state index contributed by atoms with van der Waals surface area (Å²) in [6.45, 7) is 5.23. The molecule has 0 aliphatic carbocycles. The highest BCUT2D eigenvalue weighted by molar-refractivity contribution is 14.0. The van der Waals surface area contributed by atoms with Crippen molar-refractivity contribution < 1.29 is 14.2 Å². The third-order valence-corrected chi connectivity index (χ3v) is 5.36. The third-order valence-electron chi connectivity index (χ3n) is 5.36. The number of nitrogens with one attached hydrogen (secondary N) is 1. The van der Waals surface area contributed by atoms with Gasteiger partial charge in [-0.25, -0.2) is 0 Å². The van der Waals surface area contributed by atoms with Gasteiger partial charge in [-0.1, -0.05) is 30.3 Å². The van der Waals surface area contributed by atoms with E-state index in [0.717, 1.165) is 43.1 Å². The van der Waals surface area contributed by atoms with E-state index >= 15 is 0 Å². The summed E-state index contributed by atoms with van der Waals surface area (Å²) in [5, 5.41) is 3.23. The van der Waals surface area contributed by atoms with Gasteiger partial charge in [0.15, 0.2) is 5.96 Å². The lowest BCUT2D eigenvalue weighted by molar-refractivity contribution is 0.0531. The van der Waals surface area contributed by atoms with Gasteiger partial charge in [0.25, 0.3) is 0 Å². The lowest BCUT2D eigenvalue weighted by Gasteiger charge is -2.36. The molecule has 1 heterocycles. The molecule has 1 aliphatic heterocycles. The first-order valence-electron chi connectivity index (χ1n) is 10.1. The highest BCUT2D eigenvalue weighted by Gasteiger charge is 2.34. The van der Waals surface area contributed by atoms with Crippen molar-refractivity contribution in [3.63, 3.8) is 0 Å². The second kappa shape index (κ2) is 12.1. The number of rotatable bonds is 8. The predicted molar refractivity (Wildman–Crippen MR) is 132 cm³/mol. The second-order valence-electron chi connectivity index (χ2n) is 7.27. The smallest absolute Gasteiger partial charge is 0.193 e. The molecule has 0 bridgehead atoms. The summed E-state index contributed by atoms with van der Waals surface area (Å²) in [5.41, 5.74) is 9.36. The van der Waals surface area contributed by atoms with Crippen LogP contribution in [0, 0.1) is 0 Å². The Morgan fingerprint density at radius 2 is 1.83 bits per heavy atom. The Labute approximate surface area is 196 Å². The minimum Gasteiger partial charge on any atom is -0.494 e. The summed E-state index contributed by atoms with van der Waals surface area (Å²) in [7, 11) is 1.68. The second-order valence-corrected chi connectivity index (χ2v) is 7.27. The highest BCUT2D eigenvalue weighted by Crippen LogP contribution is 2.36. The maximum Gasteiger partial charge on any atom is 0.193 e. The third kappa shape index (κ3) is 6.33. The molecule has 0 amide bonds. The van der Waals surface area contributed by atoms with Crippen LogP contribution in [0.3, 0.4) is 0 Å². The van der Waals surface area contributed by atoms with Crippen LogP contribution in [0.1, 0.15) is 30.9 Å². The molecule has 0 atom stereocenters. The Balaban J connectivity index is 0.00000320. The van der Waals surface area contributed by atoms with Gasteiger partial charge in [0.05, 0.1) is 19.8 Å². The number of anilines is 1. The van der Waals surface area contributed by atoms with Gasteiger partial charge in [-0.15, -0.1) is 24.0 Å². The van der Waals surface area contributed by atoms with E-state index in [0.29, 0.717) is 25.7 Å². The van der Waals surface area contributed by atoms with E-state index in [4.69, 9.17) is 24.9 Å². The van der Waals surface area contributed by atoms with Crippen molar-refractivity contribution in [3.05, 3.63) is 59.7 Å². The maximum atomic E-state index is 6.24. The summed E-state index contributed by atoms with van der Waals surface area (Å²) in [6, 6.07) is 16.3. The fraction of sp³-hybridized carbons (Fsp3) is 0.435. The molecule has 2 aromatic carbocycles. The first kappa shape index (κ1) is 24.4. The van der Waals surface area contributed by atoms with Gasteiger partial charge in [-0.05, 0) is 43.5 Å². The Hall–Kier alpha value is -1.84. The molecule has 1 fully saturated rings. The lowest BCUT2D eigenvalue weighted by Crippen LogP contribution is -2.38. The summed E-state index contributed by atoms with van der Waals surface area (Å²) in [4.78, 5) is 4.71. The molecule has 30 heavy (non-hydrogen) atoms. The number of ether oxygens (including phenoxy) is 3. The fourth-order valence-corrected chi connectivity index (χ4v) is 3.71. The van der Waals surface area contributed by atoms with E-state index in [1.54, 1.807) is 7.11 Å². The molecule has 0 radical (unpaired) electrons. The lowest BCUT2D eigenvalue weighted by atomic mass is 9.74. The number of halogens is 1. The fourth-order valence-electron chi connectivity index (χ4n) is 3.71. The van der Waals surface area contributed by atoms with Crippen LogP contribution in [0.5, 0.6) is 5.75 Å². The summed E-state index contributed by atoms with van der Waals surface area (Å²) in [6.07, 6.45) is 1.83. The van der Waals surface area contributed by atoms with Gasteiger partial charge in [-0.2, -0.15) is 0 Å². The number of guanidine groups is 1. The van der Waals surface area contributed by atoms with Crippen LogP contribution in [0.4, 0.5) is 5.69 Å². The summed E-state index contributed by atoms with van der Waals surface area (Å²) < 4.78 is 16.5. The number of hydrogen-bond acceptors (Lipinski definition) is 4. The Kier molecular flexibility index (Phi) is 9.87. The Morgan fingerprint density at radius 3 is 2.50 bits per heavy atom. The first-order chi connectivity index (χ1) is 14.2. The van der Waals surface area contributed by atoms with E-state index in [-0.39, 0.29) is 29.4 Å². The zero-order chi connectivity index (χ0) is 20.5. The standard InChI is InChI=1S/C23H31N3O3.HI/c1-3-29-20-10-8-19(9-11-20)23(12-14-28-15-13-23)17-25-22(24)26-21-7-5-4-6-18(21)16-27-2;/h4-11H,3,12-17H2,1-2H3,(H3,24,25,26);1H. The number of benzene rings is 2. The van der Waals surface area contributed by atoms with Crippen molar-refractivity contribution >= 4 is 35.6 Å². The topological polar surface area (TPSA) is 78.1 Å². The summed E-state index contributed by atoms with van der Waals surface area (Å²) >= 11 is 0. The minimum atomic E-state index is -0.0820. The molecule has 6 nitrogen and oxygen atoms in total. The molecule has 3 N–H and O–H groups in total. The van der Waals surface area contributed by atoms with Crippen molar-refractivity contribution in [2.75, 3.05) is 38.8 Å². The highest BCUT2D eigenvalue weighted by atomic mass is 127. The van der Waals surface area contributed by atoms with Crippen LogP contribution in [0.15, 0.2) is 53.5 Å². The van der Waals surface area contributed by atoms with Gasteiger partial charge in [-0.3, -0.25) is 4.99 Å². The van der Waals surface area contributed by atoms with Crippen LogP contribution >= 0.6 is 24.0 Å². The molecule has 7 heteroatoms. The van der Waals surface area contributed by atoms with Crippen LogP contribution in [-0.2, 0) is 21.5 Å². The normalized spacial score (nSPS) is 15.9. The number of aliphatic imine (C=N–C) groups is 1. The molecule has 3 rings (SSSR count). The average molecular weight is 525 g/mol. The predicted octanol–water partition coefficient (Wildman–Crippen LogP) is 4.32. The molecule has 0 spiro atoms. The quantitative estimate of drug-likeness (QED) is 0.305. The van der Waals surface area contributed by atoms with Gasteiger partial charge >= 0.3 is 0 Å². The number of para-hydroxylation sites is 1. The van der Waals surface area contributed by atoms with Gasteiger partial charge in [0.1, 0.15) is 5.75 Å². The molecule has 1 saturated heterocycles. The Bertz CT molecular complexity index is 806. The zero-order valence-corrected chi connectivity index (χ0v) is 20.1. The molecular formula is C23H32IN3O3. The molecular weight excluding hydrogens is 493 g/mol. The van der Waals surface area contributed by atoms with Crippen molar-refractivity contribution in [3.8, 4) is 5.75 Å². The number of methoxy groups -OCH3 is 1. The van der Waals surface area contributed by atoms with E-state index in [1.807, 2.05) is 43.3 Å². The number of nitrogens with two attached hydrogens (primary N) is 1. The average Bonchev–Trinajstić information content (AvgIpc) is 2.75.